The van der Waals surface area contributed by atoms with Crippen LogP contribution in [0.3, 0.4) is 0 Å². The van der Waals surface area contributed by atoms with Gasteiger partial charge in [0.25, 0.3) is 5.91 Å². The molecule has 2 N–H and O–H groups in total. The topological polar surface area (TPSA) is 69.2 Å². The van der Waals surface area contributed by atoms with Crippen LogP contribution in [-0.2, 0) is 4.79 Å². The molecule has 1 aromatic carbocycles. The van der Waals surface area contributed by atoms with Crippen molar-refractivity contribution in [2.45, 2.75) is 70.4 Å². The summed E-state index contributed by atoms with van der Waals surface area (Å²) in [6, 6.07) is 7.31. The lowest BCUT2D eigenvalue weighted by Crippen LogP contribution is -2.48. The molecule has 2 atom stereocenters. The Balaban J connectivity index is 1.67. The maximum Gasteiger partial charge on any atom is 0.275 e. The van der Waals surface area contributed by atoms with Gasteiger partial charge in [0.2, 0.25) is 0 Å². The Morgan fingerprint density at radius 1 is 1.24 bits per heavy atom. The second kappa shape index (κ2) is 10.3. The molecular weight excluding hydrogens is 434 g/mol. The zero-order valence-corrected chi connectivity index (χ0v) is 20.9. The molecule has 1 aromatic rings. The van der Waals surface area contributed by atoms with Crippen molar-refractivity contribution in [1.29, 1.82) is 0 Å². The van der Waals surface area contributed by atoms with Crippen LogP contribution in [0.4, 0.5) is 0 Å². The molecule has 2 fully saturated rings. The summed E-state index contributed by atoms with van der Waals surface area (Å²) in [5.41, 5.74) is 3.03. The zero-order valence-electron chi connectivity index (χ0n) is 20.1. The Hall–Kier alpha value is -2.29. The monoisotopic (exact) mass is 469 g/mol. The van der Waals surface area contributed by atoms with E-state index in [0.29, 0.717) is 36.0 Å². The van der Waals surface area contributed by atoms with Crippen molar-refractivity contribution in [2.75, 3.05) is 19.7 Å². The number of ether oxygens (including phenoxy) is 1. The normalized spacial score (nSPS) is 22.8. The molecule has 2 bridgehead atoms. The predicted molar refractivity (Wildman–Crippen MR) is 134 cm³/mol. The average molecular weight is 470 g/mol. The van der Waals surface area contributed by atoms with Crippen LogP contribution in [0.15, 0.2) is 51.7 Å². The fourth-order valence-electron chi connectivity index (χ4n) is 4.63. The van der Waals surface area contributed by atoms with Crippen molar-refractivity contribution in [2.24, 2.45) is 5.10 Å². The highest BCUT2D eigenvalue weighted by Crippen LogP contribution is 2.33. The first kappa shape index (κ1) is 23.9. The molecule has 0 radical (unpaired) electrons. The summed E-state index contributed by atoms with van der Waals surface area (Å²) in [6.45, 7) is 14.7. The van der Waals surface area contributed by atoms with Gasteiger partial charge in [0.05, 0.1) is 12.2 Å². The molecule has 7 nitrogen and oxygen atoms in total. The van der Waals surface area contributed by atoms with Gasteiger partial charge >= 0.3 is 0 Å². The van der Waals surface area contributed by atoms with E-state index >= 15 is 0 Å². The van der Waals surface area contributed by atoms with Crippen LogP contribution >= 0.6 is 11.9 Å². The first-order chi connectivity index (χ1) is 15.9. The van der Waals surface area contributed by atoms with Crippen LogP contribution < -0.4 is 15.4 Å². The van der Waals surface area contributed by atoms with Crippen molar-refractivity contribution in [1.82, 2.24) is 19.9 Å². The highest BCUT2D eigenvalue weighted by molar-refractivity contribution is 7.97. The summed E-state index contributed by atoms with van der Waals surface area (Å²) in [6.07, 6.45) is 4.20. The minimum Gasteiger partial charge on any atom is -0.493 e. The number of carbonyl (C=O) groups is 1. The number of fused-ring (bicyclic) bond motifs is 2. The molecule has 0 saturated carbocycles. The van der Waals surface area contributed by atoms with Gasteiger partial charge in [-0.25, -0.2) is 9.31 Å². The van der Waals surface area contributed by atoms with Gasteiger partial charge in [0.1, 0.15) is 11.4 Å². The average Bonchev–Trinajstić information content (AvgIpc) is 3.12. The van der Waals surface area contributed by atoms with Crippen molar-refractivity contribution >= 4 is 23.7 Å². The SMILES string of the molecule is C=C(CCC)N1N=C(c2cc(SN3CC4CCC(C3)N4)ccc2OCC)NC(=O)C1=C(C)C. The first-order valence-electron chi connectivity index (χ1n) is 11.9. The Labute approximate surface area is 201 Å². The van der Waals surface area contributed by atoms with Crippen LogP contribution in [-0.4, -0.2) is 52.8 Å². The standard InChI is InChI=1S/C25H35N5O2S/c1-6-8-17(5)30-23(16(3)4)25(31)27-24(28-30)21-13-20(11-12-22(21)32-7-2)33-29-14-18-9-10-19(15-29)26-18/h11-13,18-19,26H,5-10,14-15H2,1-4H3,(H,27,28,31). The van der Waals surface area contributed by atoms with Crippen molar-refractivity contribution in [3.63, 3.8) is 0 Å². The molecule has 0 spiro atoms. The number of rotatable bonds is 8. The van der Waals surface area contributed by atoms with E-state index in [4.69, 9.17) is 9.84 Å². The van der Waals surface area contributed by atoms with Gasteiger partial charge in [-0.1, -0.05) is 19.9 Å². The summed E-state index contributed by atoms with van der Waals surface area (Å²) in [7, 11) is 0. The molecule has 3 aliphatic heterocycles. The maximum atomic E-state index is 13.1. The number of hydrogen-bond acceptors (Lipinski definition) is 7. The van der Waals surface area contributed by atoms with E-state index in [-0.39, 0.29) is 5.91 Å². The van der Waals surface area contributed by atoms with E-state index in [0.717, 1.165) is 47.7 Å². The molecule has 33 heavy (non-hydrogen) atoms. The molecule has 0 aromatic heterocycles. The van der Waals surface area contributed by atoms with Gasteiger partial charge in [0, 0.05) is 35.8 Å². The number of amides is 1. The second-order valence-corrected chi connectivity index (χ2v) is 10.2. The number of nitrogens with zero attached hydrogens (tertiary/aromatic N) is 3. The fourth-order valence-corrected chi connectivity index (χ4v) is 5.74. The highest BCUT2D eigenvalue weighted by Gasteiger charge is 2.33. The number of hydrogen-bond donors (Lipinski definition) is 2. The third-order valence-corrected chi connectivity index (χ3v) is 7.12. The molecule has 178 valence electrons. The van der Waals surface area contributed by atoms with Crippen LogP contribution in [0.25, 0.3) is 0 Å². The number of allylic oxidation sites excluding steroid dienone is 2. The highest BCUT2D eigenvalue weighted by atomic mass is 32.2. The molecular formula is C25H35N5O2S. The minimum atomic E-state index is -0.170. The molecule has 3 aliphatic rings. The van der Waals surface area contributed by atoms with Gasteiger partial charge in [-0.05, 0) is 75.8 Å². The number of amidine groups is 1. The predicted octanol–water partition coefficient (Wildman–Crippen LogP) is 4.23. The van der Waals surface area contributed by atoms with Crippen LogP contribution in [0, 0.1) is 0 Å². The van der Waals surface area contributed by atoms with Crippen LogP contribution in [0.2, 0.25) is 0 Å². The molecule has 3 heterocycles. The Morgan fingerprint density at radius 3 is 2.61 bits per heavy atom. The van der Waals surface area contributed by atoms with Crippen LogP contribution in [0.5, 0.6) is 5.75 Å². The van der Waals surface area contributed by atoms with Gasteiger partial charge in [-0.15, -0.1) is 5.10 Å². The van der Waals surface area contributed by atoms with Gasteiger partial charge < -0.3 is 15.4 Å². The first-order valence-corrected chi connectivity index (χ1v) is 12.7. The van der Waals surface area contributed by atoms with E-state index in [1.54, 1.807) is 17.0 Å². The van der Waals surface area contributed by atoms with Crippen molar-refractivity contribution in [3.05, 3.63) is 47.3 Å². The Morgan fingerprint density at radius 2 is 1.97 bits per heavy atom. The number of nitrogens with one attached hydrogen (secondary N) is 2. The van der Waals surface area contributed by atoms with E-state index < -0.39 is 0 Å². The Bertz CT molecular complexity index is 973. The quantitative estimate of drug-likeness (QED) is 0.439. The summed E-state index contributed by atoms with van der Waals surface area (Å²) in [5.74, 6) is 1.04. The minimum absolute atomic E-state index is 0.170. The largest absolute Gasteiger partial charge is 0.493 e. The summed E-state index contributed by atoms with van der Waals surface area (Å²) < 4.78 is 8.35. The van der Waals surface area contributed by atoms with Gasteiger partial charge in [-0.3, -0.25) is 4.79 Å². The smallest absolute Gasteiger partial charge is 0.275 e. The second-order valence-electron chi connectivity index (χ2n) is 9.05. The maximum absolute atomic E-state index is 13.1. The number of piperazine rings is 1. The summed E-state index contributed by atoms with van der Waals surface area (Å²) in [4.78, 5) is 14.2. The molecule has 2 saturated heterocycles. The molecule has 2 unspecified atom stereocenters. The van der Waals surface area contributed by atoms with E-state index in [2.05, 4.69) is 40.6 Å². The molecule has 0 aliphatic carbocycles. The summed E-state index contributed by atoms with van der Waals surface area (Å²) in [5, 5.41) is 13.2. The molecule has 1 amide bonds. The number of hydrazone groups is 1. The number of carbonyl (C=O) groups excluding carboxylic acids is 1. The third kappa shape index (κ3) is 5.28. The fraction of sp³-hybridized carbons (Fsp3) is 0.520. The lowest BCUT2D eigenvalue weighted by atomic mass is 10.1. The summed E-state index contributed by atoms with van der Waals surface area (Å²) >= 11 is 1.77. The van der Waals surface area contributed by atoms with Gasteiger partial charge in [0.15, 0.2) is 5.84 Å². The number of benzene rings is 1. The Kier molecular flexibility index (Phi) is 7.46. The lowest BCUT2D eigenvalue weighted by molar-refractivity contribution is -0.118. The third-order valence-electron chi connectivity index (χ3n) is 6.09. The van der Waals surface area contributed by atoms with E-state index in [1.807, 2.05) is 26.8 Å². The lowest BCUT2D eigenvalue weighted by Gasteiger charge is -2.32. The van der Waals surface area contributed by atoms with Gasteiger partial charge in [-0.2, -0.15) is 0 Å². The van der Waals surface area contributed by atoms with E-state index in [1.165, 1.54) is 12.8 Å². The zero-order chi connectivity index (χ0) is 23.5. The van der Waals surface area contributed by atoms with Crippen molar-refractivity contribution in [3.8, 4) is 5.75 Å². The van der Waals surface area contributed by atoms with Crippen LogP contribution in [0.1, 0.15) is 58.9 Å². The van der Waals surface area contributed by atoms with E-state index in [9.17, 15) is 4.79 Å². The molecule has 8 heteroatoms. The molecule has 4 rings (SSSR count). The van der Waals surface area contributed by atoms with Crippen molar-refractivity contribution < 1.29 is 9.53 Å².